The summed E-state index contributed by atoms with van der Waals surface area (Å²) in [5, 5.41) is 0. The van der Waals surface area contributed by atoms with Gasteiger partial charge in [-0.2, -0.15) is 0 Å². The van der Waals surface area contributed by atoms with Gasteiger partial charge in [-0.05, 0) is 56.0 Å². The van der Waals surface area contributed by atoms with Gasteiger partial charge in [0.2, 0.25) is 0 Å². The van der Waals surface area contributed by atoms with E-state index in [-0.39, 0.29) is 0 Å². The van der Waals surface area contributed by atoms with Gasteiger partial charge in [-0.15, -0.1) is 0 Å². The number of fused-ring (bicyclic) bond motifs is 1. The van der Waals surface area contributed by atoms with E-state index < -0.39 is 0 Å². The highest BCUT2D eigenvalue weighted by Gasteiger charge is 2.33. The van der Waals surface area contributed by atoms with Crippen molar-refractivity contribution in [2.75, 3.05) is 0 Å². The van der Waals surface area contributed by atoms with E-state index in [2.05, 4.69) is 27.5 Å². The second kappa shape index (κ2) is 4.75. The van der Waals surface area contributed by atoms with Crippen molar-refractivity contribution >= 4 is 23.4 Å². The van der Waals surface area contributed by atoms with E-state index in [9.17, 15) is 0 Å². The molecule has 0 radical (unpaired) electrons. The van der Waals surface area contributed by atoms with Crippen molar-refractivity contribution in [2.45, 2.75) is 52.5 Å². The fourth-order valence-electron chi connectivity index (χ4n) is 3.36. The molecule has 19 heavy (non-hydrogen) atoms. The highest BCUT2D eigenvalue weighted by Crippen LogP contribution is 2.42. The average Bonchev–Trinajstić information content (AvgIpc) is 2.98. The number of nitrogens with one attached hydrogen (secondary N) is 1. The predicted molar refractivity (Wildman–Crippen MR) is 80.8 cm³/mol. The minimum Gasteiger partial charge on any atom is -0.329 e. The van der Waals surface area contributed by atoms with Crippen LogP contribution in [0.1, 0.15) is 44.7 Å². The van der Waals surface area contributed by atoms with Gasteiger partial charge in [-0.3, -0.25) is 0 Å². The largest absolute Gasteiger partial charge is 0.329 e. The van der Waals surface area contributed by atoms with Gasteiger partial charge < -0.3 is 9.55 Å². The molecule has 0 aromatic carbocycles. The van der Waals surface area contributed by atoms with Crippen molar-refractivity contribution < 1.29 is 0 Å². The molecule has 4 heteroatoms. The SMILES string of the molecule is CCC1(Cn2c(=S)[nH]c3ccc(C)nc32)CCCC1. The summed E-state index contributed by atoms with van der Waals surface area (Å²) in [4.78, 5) is 7.95. The molecule has 2 heterocycles. The minimum atomic E-state index is 0.429. The Labute approximate surface area is 119 Å². The molecule has 0 aliphatic heterocycles. The predicted octanol–water partition coefficient (Wildman–Crippen LogP) is 4.37. The summed E-state index contributed by atoms with van der Waals surface area (Å²) in [7, 11) is 0. The molecule has 0 atom stereocenters. The second-order valence-electron chi connectivity index (χ2n) is 5.90. The lowest BCUT2D eigenvalue weighted by atomic mass is 9.83. The number of imidazole rings is 1. The van der Waals surface area contributed by atoms with E-state index in [1.165, 1.54) is 32.1 Å². The van der Waals surface area contributed by atoms with E-state index in [0.29, 0.717) is 5.41 Å². The third kappa shape index (κ3) is 2.22. The molecule has 0 saturated heterocycles. The first kappa shape index (κ1) is 12.9. The number of aromatic amines is 1. The highest BCUT2D eigenvalue weighted by atomic mass is 32.1. The summed E-state index contributed by atoms with van der Waals surface area (Å²) in [5.41, 5.74) is 3.55. The molecule has 0 bridgehead atoms. The molecule has 1 aliphatic rings. The number of hydrogen-bond acceptors (Lipinski definition) is 2. The van der Waals surface area contributed by atoms with Crippen LogP contribution in [-0.2, 0) is 6.54 Å². The molecule has 2 aromatic heterocycles. The van der Waals surface area contributed by atoms with E-state index >= 15 is 0 Å². The molecule has 102 valence electrons. The summed E-state index contributed by atoms with van der Waals surface area (Å²) in [6, 6.07) is 4.11. The van der Waals surface area contributed by atoms with Crippen LogP contribution in [0.4, 0.5) is 0 Å². The third-order valence-corrected chi connectivity index (χ3v) is 4.99. The zero-order valence-corrected chi connectivity index (χ0v) is 12.5. The molecule has 1 saturated carbocycles. The van der Waals surface area contributed by atoms with Crippen molar-refractivity contribution in [2.24, 2.45) is 5.41 Å². The Morgan fingerprint density at radius 3 is 2.79 bits per heavy atom. The van der Waals surface area contributed by atoms with Crippen LogP contribution in [0.3, 0.4) is 0 Å². The van der Waals surface area contributed by atoms with Crippen LogP contribution >= 0.6 is 12.2 Å². The number of aryl methyl sites for hydroxylation is 1. The van der Waals surface area contributed by atoms with Crippen LogP contribution < -0.4 is 0 Å². The Balaban J connectivity index is 2.07. The normalized spacial score (nSPS) is 18.2. The van der Waals surface area contributed by atoms with E-state index in [0.717, 1.165) is 28.2 Å². The first-order chi connectivity index (χ1) is 9.13. The lowest BCUT2D eigenvalue weighted by Crippen LogP contribution is -2.23. The lowest BCUT2D eigenvalue weighted by molar-refractivity contribution is 0.239. The maximum absolute atomic E-state index is 5.50. The van der Waals surface area contributed by atoms with Gasteiger partial charge in [0.05, 0.1) is 5.52 Å². The maximum atomic E-state index is 5.50. The number of nitrogens with zero attached hydrogens (tertiary/aromatic N) is 2. The summed E-state index contributed by atoms with van der Waals surface area (Å²) < 4.78 is 3.03. The number of H-pyrrole nitrogens is 1. The summed E-state index contributed by atoms with van der Waals surface area (Å²) in [5.74, 6) is 0. The Morgan fingerprint density at radius 1 is 1.37 bits per heavy atom. The summed E-state index contributed by atoms with van der Waals surface area (Å²) in [6.45, 7) is 5.35. The number of aromatic nitrogens is 3. The molecule has 0 spiro atoms. The molecular formula is C15H21N3S. The van der Waals surface area contributed by atoms with E-state index in [1.807, 2.05) is 13.0 Å². The van der Waals surface area contributed by atoms with Gasteiger partial charge in [-0.1, -0.05) is 19.8 Å². The van der Waals surface area contributed by atoms with Crippen molar-refractivity contribution in [1.29, 1.82) is 0 Å². The molecule has 0 unspecified atom stereocenters. The first-order valence-corrected chi connectivity index (χ1v) is 7.61. The maximum Gasteiger partial charge on any atom is 0.179 e. The van der Waals surface area contributed by atoms with Gasteiger partial charge in [0.25, 0.3) is 0 Å². The average molecular weight is 275 g/mol. The van der Waals surface area contributed by atoms with Crippen molar-refractivity contribution in [3.05, 3.63) is 22.6 Å². The topological polar surface area (TPSA) is 33.6 Å². The van der Waals surface area contributed by atoms with Crippen LogP contribution in [0.15, 0.2) is 12.1 Å². The van der Waals surface area contributed by atoms with E-state index in [4.69, 9.17) is 12.2 Å². The minimum absolute atomic E-state index is 0.429. The van der Waals surface area contributed by atoms with Crippen molar-refractivity contribution in [1.82, 2.24) is 14.5 Å². The van der Waals surface area contributed by atoms with Crippen LogP contribution in [0.2, 0.25) is 0 Å². The van der Waals surface area contributed by atoms with Gasteiger partial charge in [-0.25, -0.2) is 4.98 Å². The molecule has 2 aromatic rings. The number of pyridine rings is 1. The van der Waals surface area contributed by atoms with Gasteiger partial charge in [0, 0.05) is 12.2 Å². The Morgan fingerprint density at radius 2 is 2.11 bits per heavy atom. The molecule has 1 aliphatic carbocycles. The lowest BCUT2D eigenvalue weighted by Gasteiger charge is -2.27. The molecule has 0 amide bonds. The second-order valence-corrected chi connectivity index (χ2v) is 6.29. The monoisotopic (exact) mass is 275 g/mol. The first-order valence-electron chi connectivity index (χ1n) is 7.20. The van der Waals surface area contributed by atoms with Gasteiger partial charge in [0.1, 0.15) is 0 Å². The van der Waals surface area contributed by atoms with Crippen LogP contribution in [0, 0.1) is 17.1 Å². The number of hydrogen-bond donors (Lipinski definition) is 1. The van der Waals surface area contributed by atoms with Gasteiger partial charge >= 0.3 is 0 Å². The van der Waals surface area contributed by atoms with Crippen molar-refractivity contribution in [3.8, 4) is 0 Å². The molecular weight excluding hydrogens is 254 g/mol. The fraction of sp³-hybridized carbons (Fsp3) is 0.600. The molecule has 1 fully saturated rings. The highest BCUT2D eigenvalue weighted by molar-refractivity contribution is 7.71. The van der Waals surface area contributed by atoms with E-state index in [1.54, 1.807) is 0 Å². The number of rotatable bonds is 3. The molecule has 1 N–H and O–H groups in total. The summed E-state index contributed by atoms with van der Waals surface area (Å²) >= 11 is 5.50. The van der Waals surface area contributed by atoms with Crippen LogP contribution in [0.5, 0.6) is 0 Å². The van der Waals surface area contributed by atoms with Crippen LogP contribution in [0.25, 0.3) is 11.2 Å². The smallest absolute Gasteiger partial charge is 0.179 e. The fourth-order valence-corrected chi connectivity index (χ4v) is 3.62. The Bertz CT molecular complexity index is 647. The summed E-state index contributed by atoms with van der Waals surface area (Å²) in [6.07, 6.45) is 6.59. The Hall–Kier alpha value is -1.16. The van der Waals surface area contributed by atoms with Gasteiger partial charge in [0.15, 0.2) is 10.4 Å². The standard InChI is InChI=1S/C15H21N3S/c1-3-15(8-4-5-9-15)10-18-13-12(17-14(18)19)7-6-11(2)16-13/h6-7H,3-5,8-10H2,1-2H3,(H,17,19). The molecule has 3 rings (SSSR count). The van der Waals surface area contributed by atoms with Crippen molar-refractivity contribution in [3.63, 3.8) is 0 Å². The zero-order chi connectivity index (χ0) is 13.5. The third-order valence-electron chi connectivity index (χ3n) is 4.66. The zero-order valence-electron chi connectivity index (χ0n) is 11.7. The quantitative estimate of drug-likeness (QED) is 0.844. The molecule has 3 nitrogen and oxygen atoms in total. The Kier molecular flexibility index (Phi) is 3.21. The van der Waals surface area contributed by atoms with Crippen LogP contribution in [-0.4, -0.2) is 14.5 Å².